The average molecular weight is 230 g/mol. The van der Waals surface area contributed by atoms with Gasteiger partial charge in [-0.15, -0.1) is 0 Å². The van der Waals surface area contributed by atoms with Gasteiger partial charge in [-0.25, -0.2) is 4.79 Å². The first kappa shape index (κ1) is 13.2. The molecular weight excluding hydrogens is 212 g/mol. The highest BCUT2D eigenvalue weighted by molar-refractivity contribution is 5.81. The monoisotopic (exact) mass is 230 g/mol. The Bertz CT molecular complexity index is 471. The predicted molar refractivity (Wildman–Crippen MR) is 71.1 cm³/mol. The highest BCUT2D eigenvalue weighted by Gasteiger charge is 2.00. The Morgan fingerprint density at radius 1 is 1.18 bits per heavy atom. The van der Waals surface area contributed by atoms with Crippen LogP contribution in [0, 0.1) is 20.8 Å². The van der Waals surface area contributed by atoms with Crippen LogP contribution in [0.5, 0.6) is 0 Å². The van der Waals surface area contributed by atoms with E-state index in [0.29, 0.717) is 0 Å². The minimum absolute atomic E-state index is 0.733. The number of allylic oxidation sites excluding steroid dienone is 2. The van der Waals surface area contributed by atoms with Gasteiger partial charge in [-0.3, -0.25) is 0 Å². The number of aryl methyl sites for hydroxylation is 3. The second-order valence-corrected chi connectivity index (χ2v) is 4.37. The molecular formula is C15H18O2. The minimum atomic E-state index is -0.913. The zero-order chi connectivity index (χ0) is 13.0. The number of aliphatic carboxylic acids is 1. The molecule has 0 radical (unpaired) electrons. The second kappa shape index (κ2) is 5.48. The molecule has 17 heavy (non-hydrogen) atoms. The summed E-state index contributed by atoms with van der Waals surface area (Å²) in [5.41, 5.74) is 5.56. The number of rotatable bonds is 3. The molecule has 2 nitrogen and oxygen atoms in total. The van der Waals surface area contributed by atoms with E-state index in [-0.39, 0.29) is 0 Å². The van der Waals surface area contributed by atoms with Crippen LogP contribution in [0.25, 0.3) is 6.08 Å². The summed E-state index contributed by atoms with van der Waals surface area (Å²) < 4.78 is 0. The van der Waals surface area contributed by atoms with E-state index >= 15 is 0 Å². The van der Waals surface area contributed by atoms with E-state index in [1.165, 1.54) is 22.8 Å². The summed E-state index contributed by atoms with van der Waals surface area (Å²) >= 11 is 0. The third-order valence-corrected chi connectivity index (χ3v) is 2.60. The first-order valence-electron chi connectivity index (χ1n) is 5.57. The van der Waals surface area contributed by atoms with Crippen molar-refractivity contribution in [1.82, 2.24) is 0 Å². The molecule has 0 atom stereocenters. The first-order valence-corrected chi connectivity index (χ1v) is 5.57. The smallest absolute Gasteiger partial charge is 0.328 e. The largest absolute Gasteiger partial charge is 0.478 e. The third-order valence-electron chi connectivity index (χ3n) is 2.60. The van der Waals surface area contributed by atoms with E-state index in [1.54, 1.807) is 6.92 Å². The van der Waals surface area contributed by atoms with Gasteiger partial charge in [0.2, 0.25) is 0 Å². The van der Waals surface area contributed by atoms with Gasteiger partial charge in [0.25, 0.3) is 0 Å². The normalized spacial score (nSPS) is 12.1. The molecule has 0 aliphatic heterocycles. The summed E-state index contributed by atoms with van der Waals surface area (Å²) in [7, 11) is 0. The van der Waals surface area contributed by atoms with Crippen molar-refractivity contribution in [3.63, 3.8) is 0 Å². The van der Waals surface area contributed by atoms with Gasteiger partial charge >= 0.3 is 5.97 Å². The van der Waals surface area contributed by atoms with Crippen LogP contribution in [0.3, 0.4) is 0 Å². The van der Waals surface area contributed by atoms with Crippen LogP contribution in [-0.2, 0) is 4.79 Å². The molecule has 0 aromatic heterocycles. The van der Waals surface area contributed by atoms with Gasteiger partial charge in [0.05, 0.1) is 0 Å². The lowest BCUT2D eigenvalue weighted by Gasteiger charge is -2.07. The van der Waals surface area contributed by atoms with Gasteiger partial charge < -0.3 is 5.11 Å². The van der Waals surface area contributed by atoms with E-state index < -0.39 is 5.97 Å². The number of hydrogen-bond donors (Lipinski definition) is 1. The summed E-state index contributed by atoms with van der Waals surface area (Å²) in [6.45, 7) is 7.98. The van der Waals surface area contributed by atoms with Crippen LogP contribution in [0.1, 0.15) is 29.2 Å². The standard InChI is InChI=1S/C15H18O2/c1-10(9-15(16)17)5-6-14-12(3)7-11(2)8-13(14)4/h5-9H,1-4H3,(H,16,17)/b6-5+,10-9-. The minimum Gasteiger partial charge on any atom is -0.478 e. The molecule has 1 N–H and O–H groups in total. The van der Waals surface area contributed by atoms with Crippen LogP contribution in [0.15, 0.2) is 29.9 Å². The van der Waals surface area contributed by atoms with Crippen LogP contribution >= 0.6 is 0 Å². The van der Waals surface area contributed by atoms with Crippen molar-refractivity contribution in [2.24, 2.45) is 0 Å². The van der Waals surface area contributed by atoms with Gasteiger partial charge in [-0.1, -0.05) is 29.8 Å². The van der Waals surface area contributed by atoms with E-state index in [4.69, 9.17) is 5.11 Å². The van der Waals surface area contributed by atoms with E-state index in [2.05, 4.69) is 32.9 Å². The predicted octanol–water partition coefficient (Wildman–Crippen LogP) is 3.66. The molecule has 0 bridgehead atoms. The van der Waals surface area contributed by atoms with Gasteiger partial charge in [0.15, 0.2) is 0 Å². The van der Waals surface area contributed by atoms with Gasteiger partial charge in [0.1, 0.15) is 0 Å². The summed E-state index contributed by atoms with van der Waals surface area (Å²) in [4.78, 5) is 10.5. The van der Waals surface area contributed by atoms with Crippen molar-refractivity contribution < 1.29 is 9.90 Å². The van der Waals surface area contributed by atoms with Crippen LogP contribution in [-0.4, -0.2) is 11.1 Å². The van der Waals surface area contributed by atoms with Gasteiger partial charge in [0, 0.05) is 6.08 Å². The Morgan fingerprint density at radius 3 is 2.18 bits per heavy atom. The molecule has 0 aliphatic carbocycles. The molecule has 1 rings (SSSR count). The Labute approximate surface area is 102 Å². The van der Waals surface area contributed by atoms with Crippen LogP contribution < -0.4 is 0 Å². The zero-order valence-electron chi connectivity index (χ0n) is 10.7. The van der Waals surface area contributed by atoms with Crippen molar-refractivity contribution in [3.8, 4) is 0 Å². The van der Waals surface area contributed by atoms with Gasteiger partial charge in [-0.05, 0) is 50.0 Å². The lowest BCUT2D eigenvalue weighted by molar-refractivity contribution is -0.131. The Balaban J connectivity index is 3.04. The van der Waals surface area contributed by atoms with Crippen molar-refractivity contribution in [3.05, 3.63) is 52.1 Å². The molecule has 0 heterocycles. The molecule has 0 unspecified atom stereocenters. The lowest BCUT2D eigenvalue weighted by Crippen LogP contribution is -1.90. The average Bonchev–Trinajstić information content (AvgIpc) is 2.14. The van der Waals surface area contributed by atoms with Crippen molar-refractivity contribution in [2.45, 2.75) is 27.7 Å². The highest BCUT2D eigenvalue weighted by Crippen LogP contribution is 2.18. The quantitative estimate of drug-likeness (QED) is 0.635. The number of carboxylic acids is 1. The number of benzene rings is 1. The third kappa shape index (κ3) is 3.91. The molecule has 90 valence electrons. The fourth-order valence-electron chi connectivity index (χ4n) is 1.91. The summed E-state index contributed by atoms with van der Waals surface area (Å²) in [5, 5.41) is 8.62. The maximum Gasteiger partial charge on any atom is 0.328 e. The second-order valence-electron chi connectivity index (χ2n) is 4.37. The summed E-state index contributed by atoms with van der Waals surface area (Å²) in [6, 6.07) is 4.26. The lowest BCUT2D eigenvalue weighted by atomic mass is 9.99. The van der Waals surface area contributed by atoms with Gasteiger partial charge in [-0.2, -0.15) is 0 Å². The van der Waals surface area contributed by atoms with Crippen molar-refractivity contribution in [1.29, 1.82) is 0 Å². The van der Waals surface area contributed by atoms with E-state index in [9.17, 15) is 4.79 Å². The topological polar surface area (TPSA) is 37.3 Å². The SMILES string of the molecule is CC(=C/C(=O)O)/C=C/c1c(C)cc(C)cc1C. The maximum absolute atomic E-state index is 10.5. The number of carboxylic acid groups (broad SMARTS) is 1. The molecule has 0 spiro atoms. The fraction of sp³-hybridized carbons (Fsp3) is 0.267. The van der Waals surface area contributed by atoms with Crippen LogP contribution in [0.4, 0.5) is 0 Å². The molecule has 0 saturated heterocycles. The molecule has 0 aliphatic rings. The Kier molecular flexibility index (Phi) is 4.27. The number of carbonyl (C=O) groups is 1. The fourth-order valence-corrected chi connectivity index (χ4v) is 1.91. The maximum atomic E-state index is 10.5. The summed E-state index contributed by atoms with van der Waals surface area (Å²) in [5.74, 6) is -0.913. The molecule has 2 heteroatoms. The Morgan fingerprint density at radius 2 is 1.71 bits per heavy atom. The van der Waals surface area contributed by atoms with Crippen LogP contribution in [0.2, 0.25) is 0 Å². The molecule has 0 amide bonds. The molecule has 1 aromatic carbocycles. The van der Waals surface area contributed by atoms with Crippen molar-refractivity contribution in [2.75, 3.05) is 0 Å². The number of hydrogen-bond acceptors (Lipinski definition) is 1. The molecule has 0 saturated carbocycles. The highest BCUT2D eigenvalue weighted by atomic mass is 16.4. The summed E-state index contributed by atoms with van der Waals surface area (Å²) in [6.07, 6.45) is 5.01. The first-order chi connectivity index (χ1) is 7.90. The van der Waals surface area contributed by atoms with Crippen molar-refractivity contribution >= 4 is 12.0 Å². The van der Waals surface area contributed by atoms with E-state index in [1.807, 2.05) is 12.2 Å². The zero-order valence-corrected chi connectivity index (χ0v) is 10.7. The molecule has 1 aromatic rings. The molecule has 0 fully saturated rings. The Hall–Kier alpha value is -1.83. The van der Waals surface area contributed by atoms with E-state index in [0.717, 1.165) is 11.1 Å².